The first-order valence-electron chi connectivity index (χ1n) is 9.67. The van der Waals surface area contributed by atoms with E-state index < -0.39 is 24.5 Å². The number of nitrogens with zero attached hydrogens (tertiary/aromatic N) is 5. The zero-order chi connectivity index (χ0) is 21.7. The monoisotopic (exact) mass is 503 g/mol. The van der Waals surface area contributed by atoms with Gasteiger partial charge < -0.3 is 24.4 Å². The second-order valence-electron chi connectivity index (χ2n) is 7.58. The SMILES string of the molecule is CN(C[C@H]1O[C@@H](n2ccc3c(Cl)ncnc32)[C@H](O)[C@@H]1O)c1ccc2cc(Br)cnc2c1. The number of fused-ring (bicyclic) bond motifs is 2. The van der Waals surface area contributed by atoms with Crippen LogP contribution in [0.1, 0.15) is 6.23 Å². The summed E-state index contributed by atoms with van der Waals surface area (Å²) in [5.41, 5.74) is 2.34. The van der Waals surface area contributed by atoms with Crippen LogP contribution in [0.4, 0.5) is 5.69 Å². The summed E-state index contributed by atoms with van der Waals surface area (Å²) in [6.07, 6.45) is 1.28. The summed E-state index contributed by atoms with van der Waals surface area (Å²) in [7, 11) is 1.91. The number of hydrogen-bond acceptors (Lipinski definition) is 7. The van der Waals surface area contributed by atoms with Crippen molar-refractivity contribution in [2.24, 2.45) is 0 Å². The van der Waals surface area contributed by atoms with Crippen LogP contribution in [0.25, 0.3) is 21.9 Å². The Labute approximate surface area is 191 Å². The van der Waals surface area contributed by atoms with E-state index in [1.54, 1.807) is 23.0 Å². The fourth-order valence-corrected chi connectivity index (χ4v) is 4.49. The second kappa shape index (κ2) is 7.99. The molecule has 1 aliphatic heterocycles. The van der Waals surface area contributed by atoms with E-state index in [1.165, 1.54) is 6.33 Å². The topological polar surface area (TPSA) is 96.5 Å². The van der Waals surface area contributed by atoms with Crippen LogP contribution in [0, 0.1) is 0 Å². The number of ether oxygens (including phenoxy) is 1. The number of rotatable bonds is 4. The van der Waals surface area contributed by atoms with Crippen LogP contribution in [-0.4, -0.2) is 61.6 Å². The molecule has 1 saturated heterocycles. The smallest absolute Gasteiger partial charge is 0.164 e. The summed E-state index contributed by atoms with van der Waals surface area (Å²) in [5, 5.41) is 23.3. The van der Waals surface area contributed by atoms with Crippen molar-refractivity contribution in [3.05, 3.63) is 58.7 Å². The van der Waals surface area contributed by atoms with E-state index in [2.05, 4.69) is 30.9 Å². The predicted octanol–water partition coefficient (Wildman–Crippen LogP) is 3.15. The minimum atomic E-state index is -1.11. The number of aliphatic hydroxyl groups excluding tert-OH is 2. The number of anilines is 1. The maximum absolute atomic E-state index is 10.7. The molecule has 0 saturated carbocycles. The zero-order valence-electron chi connectivity index (χ0n) is 16.4. The lowest BCUT2D eigenvalue weighted by Gasteiger charge is -2.25. The van der Waals surface area contributed by atoms with Gasteiger partial charge in [-0.2, -0.15) is 0 Å². The molecule has 3 aromatic heterocycles. The van der Waals surface area contributed by atoms with E-state index in [4.69, 9.17) is 16.3 Å². The van der Waals surface area contributed by atoms with Gasteiger partial charge in [0.25, 0.3) is 0 Å². The molecule has 1 fully saturated rings. The molecule has 0 spiro atoms. The van der Waals surface area contributed by atoms with Gasteiger partial charge >= 0.3 is 0 Å². The molecular weight excluding hydrogens is 486 g/mol. The minimum Gasteiger partial charge on any atom is -0.387 e. The Morgan fingerprint density at radius 1 is 1.16 bits per heavy atom. The Balaban J connectivity index is 1.37. The van der Waals surface area contributed by atoms with Crippen molar-refractivity contribution in [3.63, 3.8) is 0 Å². The molecule has 8 nitrogen and oxygen atoms in total. The largest absolute Gasteiger partial charge is 0.387 e. The third-order valence-electron chi connectivity index (χ3n) is 5.60. The van der Waals surface area contributed by atoms with Gasteiger partial charge in [0.1, 0.15) is 35.4 Å². The van der Waals surface area contributed by atoms with E-state index in [9.17, 15) is 10.2 Å². The molecule has 0 amide bonds. The van der Waals surface area contributed by atoms with E-state index >= 15 is 0 Å². The number of hydrogen-bond donors (Lipinski definition) is 2. The third kappa shape index (κ3) is 3.66. The molecule has 1 aromatic carbocycles. The Morgan fingerprint density at radius 3 is 2.84 bits per heavy atom. The summed E-state index contributed by atoms with van der Waals surface area (Å²) < 4.78 is 8.67. The van der Waals surface area contributed by atoms with E-state index in [-0.39, 0.29) is 0 Å². The van der Waals surface area contributed by atoms with Gasteiger partial charge in [-0.05, 0) is 40.2 Å². The molecule has 2 N–H and O–H groups in total. The molecule has 31 heavy (non-hydrogen) atoms. The molecule has 0 radical (unpaired) electrons. The Kier molecular flexibility index (Phi) is 5.31. The number of aliphatic hydroxyl groups is 2. The van der Waals surface area contributed by atoms with Gasteiger partial charge in [0.05, 0.1) is 10.9 Å². The summed E-state index contributed by atoms with van der Waals surface area (Å²) in [4.78, 5) is 14.6. The summed E-state index contributed by atoms with van der Waals surface area (Å²) >= 11 is 9.56. The van der Waals surface area contributed by atoms with Crippen LogP contribution < -0.4 is 4.90 Å². The average Bonchev–Trinajstić information content (AvgIpc) is 3.30. The Morgan fingerprint density at radius 2 is 2.00 bits per heavy atom. The van der Waals surface area contributed by atoms with Gasteiger partial charge in [-0.3, -0.25) is 4.98 Å². The van der Waals surface area contributed by atoms with E-state index in [0.29, 0.717) is 22.7 Å². The molecule has 0 unspecified atom stereocenters. The van der Waals surface area contributed by atoms with Crippen LogP contribution in [0.3, 0.4) is 0 Å². The van der Waals surface area contributed by atoms with Crippen molar-refractivity contribution in [1.82, 2.24) is 19.5 Å². The fraction of sp³-hybridized carbons (Fsp3) is 0.286. The predicted molar refractivity (Wildman–Crippen MR) is 121 cm³/mol. The van der Waals surface area contributed by atoms with E-state index in [0.717, 1.165) is 21.1 Å². The Hall–Kier alpha value is -2.30. The van der Waals surface area contributed by atoms with Crippen LogP contribution >= 0.6 is 27.5 Å². The van der Waals surface area contributed by atoms with Crippen LogP contribution in [0.5, 0.6) is 0 Å². The lowest BCUT2D eigenvalue weighted by Crippen LogP contribution is -2.38. The van der Waals surface area contributed by atoms with Gasteiger partial charge in [0, 0.05) is 41.5 Å². The summed E-state index contributed by atoms with van der Waals surface area (Å²) in [6, 6.07) is 9.74. The van der Waals surface area contributed by atoms with Crippen molar-refractivity contribution in [3.8, 4) is 0 Å². The van der Waals surface area contributed by atoms with Gasteiger partial charge in [0.15, 0.2) is 6.23 Å². The number of pyridine rings is 1. The molecule has 1 aliphatic rings. The molecule has 160 valence electrons. The third-order valence-corrected chi connectivity index (χ3v) is 6.34. The summed E-state index contributed by atoms with van der Waals surface area (Å²) in [6.45, 7) is 0.381. The quantitative estimate of drug-likeness (QED) is 0.412. The molecule has 4 heterocycles. The average molecular weight is 505 g/mol. The molecule has 4 atom stereocenters. The van der Waals surface area contributed by atoms with Crippen molar-refractivity contribution < 1.29 is 14.9 Å². The highest BCUT2D eigenvalue weighted by molar-refractivity contribution is 9.10. The number of aromatic nitrogens is 4. The molecule has 4 aromatic rings. The first-order valence-corrected chi connectivity index (χ1v) is 10.8. The van der Waals surface area contributed by atoms with Crippen molar-refractivity contribution >= 4 is 55.2 Å². The number of likely N-dealkylation sites (N-methyl/N-ethyl adjacent to an activating group) is 1. The Bertz CT molecular complexity index is 1270. The highest BCUT2D eigenvalue weighted by atomic mass is 79.9. The van der Waals surface area contributed by atoms with Crippen molar-refractivity contribution in [2.45, 2.75) is 24.5 Å². The number of benzene rings is 1. The summed E-state index contributed by atoms with van der Waals surface area (Å²) in [5.74, 6) is 0. The zero-order valence-corrected chi connectivity index (χ0v) is 18.8. The fourth-order valence-electron chi connectivity index (χ4n) is 3.95. The standard InChI is InChI=1S/C21H19BrClN5O3/c1-27(13-3-2-11-6-12(22)8-24-15(11)7-13)9-16-17(29)18(30)21(31-16)28-5-4-14-19(23)25-10-26-20(14)28/h2-8,10,16-18,21,29-30H,9H2,1H3/t16-,17-,18-,21-/m1/s1. The van der Waals surface area contributed by atoms with Gasteiger partial charge in [-0.25, -0.2) is 9.97 Å². The molecule has 5 rings (SSSR count). The number of halogens is 2. The van der Waals surface area contributed by atoms with Gasteiger partial charge in [0.2, 0.25) is 0 Å². The van der Waals surface area contributed by atoms with Gasteiger partial charge in [-0.1, -0.05) is 17.7 Å². The first kappa shape index (κ1) is 20.6. The maximum atomic E-state index is 10.7. The molecule has 0 bridgehead atoms. The highest BCUT2D eigenvalue weighted by Gasteiger charge is 2.44. The molecule has 10 heteroatoms. The highest BCUT2D eigenvalue weighted by Crippen LogP contribution is 2.34. The lowest BCUT2D eigenvalue weighted by atomic mass is 10.1. The second-order valence-corrected chi connectivity index (χ2v) is 8.86. The van der Waals surface area contributed by atoms with E-state index in [1.807, 2.05) is 36.2 Å². The van der Waals surface area contributed by atoms with Crippen molar-refractivity contribution in [1.29, 1.82) is 0 Å². The minimum absolute atomic E-state index is 0.324. The maximum Gasteiger partial charge on any atom is 0.164 e. The normalized spacial score (nSPS) is 23.6. The van der Waals surface area contributed by atoms with Crippen LogP contribution in [-0.2, 0) is 4.74 Å². The van der Waals surface area contributed by atoms with Crippen LogP contribution in [0.15, 0.2) is 53.5 Å². The van der Waals surface area contributed by atoms with Crippen LogP contribution in [0.2, 0.25) is 5.15 Å². The molecule has 0 aliphatic carbocycles. The van der Waals surface area contributed by atoms with Gasteiger partial charge in [-0.15, -0.1) is 0 Å². The van der Waals surface area contributed by atoms with Crippen molar-refractivity contribution in [2.75, 3.05) is 18.5 Å². The molecular formula is C21H19BrClN5O3. The first-order chi connectivity index (χ1) is 14.9. The lowest BCUT2D eigenvalue weighted by molar-refractivity contribution is -0.0320.